The Kier molecular flexibility index (Phi) is 5.34. The number of fused-ring (bicyclic) bond motifs is 6. The predicted molar refractivity (Wildman–Crippen MR) is 143 cm³/mol. The molecule has 0 heterocycles. The van der Waals surface area contributed by atoms with Gasteiger partial charge in [-0.25, -0.2) is 0 Å². The van der Waals surface area contributed by atoms with Crippen molar-refractivity contribution in [1.82, 2.24) is 0 Å². The molecule has 7 atom stereocenters. The zero-order chi connectivity index (χ0) is 23.7. The van der Waals surface area contributed by atoms with E-state index in [-0.39, 0.29) is 5.60 Å². The highest BCUT2D eigenvalue weighted by Gasteiger charge is 2.58. The standard InChI is InChI=1S/C33H44O/c1-31(2,3)34-26-16-18-32(4)25(21-26)12-13-27-29-15-14-28(33(29,5)19-17-30(27)32)24-11-10-22-8-6-7-9-23(22)20-24/h6-12,20,26-30H,13-19,21H2,1-5H3/t26-,27+,28-,29+,30+,32+,33-/m1/s1. The molecule has 2 aromatic carbocycles. The summed E-state index contributed by atoms with van der Waals surface area (Å²) in [5, 5.41) is 2.78. The highest BCUT2D eigenvalue weighted by molar-refractivity contribution is 5.83. The normalized spacial score (nSPS) is 39.8. The molecule has 2 aromatic rings. The Morgan fingerprint density at radius 3 is 2.44 bits per heavy atom. The molecule has 4 aliphatic carbocycles. The SMILES string of the molecule is CC(C)(C)O[C@@H]1CC[C@@]2(C)C(=CC[C@H]3[C@@H]4CC[C@H](c5ccc6ccccc6c5)[C@@]4(C)CC[C@@H]32)C1. The maximum atomic E-state index is 6.45. The molecular formula is C33H44O. The van der Waals surface area contributed by atoms with Gasteiger partial charge in [0, 0.05) is 0 Å². The fourth-order valence-corrected chi connectivity index (χ4v) is 9.20. The van der Waals surface area contributed by atoms with Crippen molar-refractivity contribution < 1.29 is 4.74 Å². The monoisotopic (exact) mass is 456 g/mol. The quantitative estimate of drug-likeness (QED) is 0.409. The van der Waals surface area contributed by atoms with Crippen molar-refractivity contribution in [2.75, 3.05) is 0 Å². The first-order chi connectivity index (χ1) is 16.2. The predicted octanol–water partition coefficient (Wildman–Crippen LogP) is 9.07. The molecule has 182 valence electrons. The number of ether oxygens (including phenoxy) is 1. The van der Waals surface area contributed by atoms with Crippen LogP contribution in [0.2, 0.25) is 0 Å². The number of rotatable bonds is 2. The lowest BCUT2D eigenvalue weighted by atomic mass is 9.47. The van der Waals surface area contributed by atoms with E-state index in [0.29, 0.717) is 16.9 Å². The van der Waals surface area contributed by atoms with Crippen LogP contribution in [0.4, 0.5) is 0 Å². The van der Waals surface area contributed by atoms with Gasteiger partial charge in [0.1, 0.15) is 0 Å². The molecule has 0 N–H and O–H groups in total. The van der Waals surface area contributed by atoms with Crippen LogP contribution in [0.25, 0.3) is 10.8 Å². The van der Waals surface area contributed by atoms with Gasteiger partial charge in [-0.05, 0) is 123 Å². The molecule has 0 unspecified atom stereocenters. The van der Waals surface area contributed by atoms with E-state index < -0.39 is 0 Å². The van der Waals surface area contributed by atoms with Crippen molar-refractivity contribution in [1.29, 1.82) is 0 Å². The fourth-order valence-electron chi connectivity index (χ4n) is 9.20. The van der Waals surface area contributed by atoms with E-state index in [0.717, 1.165) is 23.7 Å². The van der Waals surface area contributed by atoms with Crippen LogP contribution >= 0.6 is 0 Å². The number of benzene rings is 2. The third-order valence-corrected chi connectivity index (χ3v) is 10.8. The van der Waals surface area contributed by atoms with Crippen molar-refractivity contribution in [3.05, 3.63) is 59.7 Å². The minimum absolute atomic E-state index is 0.0373. The third kappa shape index (κ3) is 3.60. The number of hydrogen-bond donors (Lipinski definition) is 0. The second-order valence-corrected chi connectivity index (χ2v) is 13.6. The molecule has 0 aromatic heterocycles. The Balaban J connectivity index is 1.26. The summed E-state index contributed by atoms with van der Waals surface area (Å²) in [7, 11) is 0. The summed E-state index contributed by atoms with van der Waals surface area (Å²) >= 11 is 0. The highest BCUT2D eigenvalue weighted by Crippen LogP contribution is 2.68. The summed E-state index contributed by atoms with van der Waals surface area (Å²) in [6.45, 7) is 11.9. The molecule has 34 heavy (non-hydrogen) atoms. The van der Waals surface area contributed by atoms with Gasteiger partial charge >= 0.3 is 0 Å². The minimum Gasteiger partial charge on any atom is -0.372 e. The summed E-state index contributed by atoms with van der Waals surface area (Å²) in [6, 6.07) is 16.2. The lowest BCUT2D eigenvalue weighted by Crippen LogP contribution is -2.50. The Hall–Kier alpha value is -1.60. The van der Waals surface area contributed by atoms with E-state index in [9.17, 15) is 0 Å². The molecular weight excluding hydrogens is 412 g/mol. The Labute approximate surface area is 207 Å². The molecule has 0 amide bonds. The summed E-state index contributed by atoms with van der Waals surface area (Å²) in [4.78, 5) is 0. The summed E-state index contributed by atoms with van der Waals surface area (Å²) in [5.41, 5.74) is 4.16. The average molecular weight is 457 g/mol. The first-order valence-electron chi connectivity index (χ1n) is 14.0. The Morgan fingerprint density at radius 2 is 1.65 bits per heavy atom. The van der Waals surface area contributed by atoms with Crippen molar-refractivity contribution in [3.63, 3.8) is 0 Å². The molecule has 0 saturated heterocycles. The molecule has 6 rings (SSSR count). The van der Waals surface area contributed by atoms with Crippen molar-refractivity contribution >= 4 is 10.8 Å². The van der Waals surface area contributed by atoms with E-state index >= 15 is 0 Å². The lowest BCUT2D eigenvalue weighted by Gasteiger charge is -2.58. The van der Waals surface area contributed by atoms with Gasteiger partial charge in [0.15, 0.2) is 0 Å². The second-order valence-electron chi connectivity index (χ2n) is 13.6. The summed E-state index contributed by atoms with van der Waals surface area (Å²) in [6.07, 6.45) is 13.7. The van der Waals surface area contributed by atoms with Gasteiger partial charge in [-0.1, -0.05) is 68.0 Å². The molecule has 1 nitrogen and oxygen atoms in total. The second kappa shape index (κ2) is 7.95. The van der Waals surface area contributed by atoms with Gasteiger partial charge in [0.2, 0.25) is 0 Å². The number of hydrogen-bond acceptors (Lipinski definition) is 1. The van der Waals surface area contributed by atoms with E-state index in [2.05, 4.69) is 83.2 Å². The van der Waals surface area contributed by atoms with E-state index in [1.54, 1.807) is 11.1 Å². The third-order valence-electron chi connectivity index (χ3n) is 10.8. The van der Waals surface area contributed by atoms with Crippen molar-refractivity contribution in [2.24, 2.45) is 28.6 Å². The van der Waals surface area contributed by atoms with Gasteiger partial charge < -0.3 is 4.74 Å². The number of allylic oxidation sites excluding steroid dienone is 1. The summed E-state index contributed by atoms with van der Waals surface area (Å²) in [5.74, 6) is 3.34. The first kappa shape index (κ1) is 22.8. The molecule has 3 fully saturated rings. The van der Waals surface area contributed by atoms with Crippen LogP contribution < -0.4 is 0 Å². The van der Waals surface area contributed by atoms with Gasteiger partial charge in [0.05, 0.1) is 11.7 Å². The van der Waals surface area contributed by atoms with Crippen LogP contribution in [0.1, 0.15) is 97.5 Å². The molecule has 0 bridgehead atoms. The van der Waals surface area contributed by atoms with E-state index in [1.807, 2.05) is 0 Å². The largest absolute Gasteiger partial charge is 0.372 e. The maximum Gasteiger partial charge on any atom is 0.0619 e. The van der Waals surface area contributed by atoms with Gasteiger partial charge in [-0.3, -0.25) is 0 Å². The minimum atomic E-state index is -0.0373. The van der Waals surface area contributed by atoms with Gasteiger partial charge in [-0.2, -0.15) is 0 Å². The summed E-state index contributed by atoms with van der Waals surface area (Å²) < 4.78 is 6.45. The zero-order valence-corrected chi connectivity index (χ0v) is 22.1. The average Bonchev–Trinajstić information content (AvgIpc) is 3.15. The smallest absolute Gasteiger partial charge is 0.0619 e. The van der Waals surface area contributed by atoms with Gasteiger partial charge in [-0.15, -0.1) is 0 Å². The van der Waals surface area contributed by atoms with Crippen LogP contribution in [0.15, 0.2) is 54.1 Å². The van der Waals surface area contributed by atoms with Crippen LogP contribution in [-0.4, -0.2) is 11.7 Å². The molecule has 3 saturated carbocycles. The van der Waals surface area contributed by atoms with Gasteiger partial charge in [0.25, 0.3) is 0 Å². The Bertz CT molecular complexity index is 1100. The zero-order valence-electron chi connectivity index (χ0n) is 22.1. The topological polar surface area (TPSA) is 9.23 Å². The van der Waals surface area contributed by atoms with E-state index in [1.165, 1.54) is 62.1 Å². The van der Waals surface area contributed by atoms with Crippen molar-refractivity contribution in [2.45, 2.75) is 104 Å². The molecule has 0 spiro atoms. The lowest BCUT2D eigenvalue weighted by molar-refractivity contribution is -0.0922. The molecule has 4 aliphatic rings. The van der Waals surface area contributed by atoms with Crippen LogP contribution in [0.3, 0.4) is 0 Å². The maximum absolute atomic E-state index is 6.45. The van der Waals surface area contributed by atoms with Crippen LogP contribution in [-0.2, 0) is 4.74 Å². The fraction of sp³-hybridized carbons (Fsp3) is 0.636. The van der Waals surface area contributed by atoms with E-state index in [4.69, 9.17) is 4.74 Å². The van der Waals surface area contributed by atoms with Crippen LogP contribution in [0.5, 0.6) is 0 Å². The highest BCUT2D eigenvalue weighted by atomic mass is 16.5. The molecule has 0 radical (unpaired) electrons. The van der Waals surface area contributed by atoms with Crippen molar-refractivity contribution in [3.8, 4) is 0 Å². The molecule has 0 aliphatic heterocycles. The Morgan fingerprint density at radius 1 is 0.853 bits per heavy atom. The van der Waals surface area contributed by atoms with Crippen LogP contribution in [0, 0.1) is 28.6 Å². The molecule has 1 heteroatoms. The first-order valence-corrected chi connectivity index (χ1v) is 14.0.